The van der Waals surface area contributed by atoms with Crippen LogP contribution in [0.3, 0.4) is 0 Å². The number of benzodiazepines with no additional fused rings is 1. The summed E-state index contributed by atoms with van der Waals surface area (Å²) in [5.74, 6) is -0.297. The monoisotopic (exact) mass is 445 g/mol. The van der Waals surface area contributed by atoms with Crippen molar-refractivity contribution in [2.24, 2.45) is 4.99 Å². The van der Waals surface area contributed by atoms with Gasteiger partial charge >= 0.3 is 5.97 Å². The number of rotatable bonds is 5. The quantitative estimate of drug-likeness (QED) is 0.510. The summed E-state index contributed by atoms with van der Waals surface area (Å²) in [5.41, 5.74) is 3.25. The zero-order chi connectivity index (χ0) is 19.4. The van der Waals surface area contributed by atoms with Gasteiger partial charge in [0.05, 0.1) is 30.7 Å². The van der Waals surface area contributed by atoms with Crippen LogP contribution in [0.25, 0.3) is 0 Å². The van der Waals surface area contributed by atoms with Crippen molar-refractivity contribution in [2.45, 2.75) is 25.8 Å². The van der Waals surface area contributed by atoms with Crippen molar-refractivity contribution in [3.63, 3.8) is 0 Å². The van der Waals surface area contributed by atoms with Gasteiger partial charge in [0.2, 0.25) is 0 Å². The number of ether oxygens (including phenoxy) is 1. The van der Waals surface area contributed by atoms with Crippen LogP contribution < -0.4 is 4.90 Å². The molecule has 5 nitrogen and oxygen atoms in total. The molecule has 7 heteroatoms. The maximum Gasteiger partial charge on any atom is 0.328 e. The van der Waals surface area contributed by atoms with Gasteiger partial charge in [0, 0.05) is 16.2 Å². The van der Waals surface area contributed by atoms with Crippen molar-refractivity contribution >= 4 is 50.5 Å². The second kappa shape index (κ2) is 8.71. The van der Waals surface area contributed by atoms with Gasteiger partial charge in [-0.2, -0.15) is 0 Å². The molecule has 27 heavy (non-hydrogen) atoms. The highest BCUT2D eigenvalue weighted by molar-refractivity contribution is 9.10. The average Bonchev–Trinajstić information content (AvgIpc) is 2.82. The number of carbonyl (C=O) groups excluding carboxylic acids is 1. The Kier molecular flexibility index (Phi) is 6.34. The first kappa shape index (κ1) is 19.6. The molecule has 1 aromatic heterocycles. The molecule has 140 valence electrons. The minimum atomic E-state index is -0.481. The molecule has 0 bridgehead atoms. The molecule has 0 spiro atoms. The van der Waals surface area contributed by atoms with Crippen molar-refractivity contribution in [2.75, 3.05) is 18.6 Å². The molecule has 0 aliphatic carbocycles. The lowest BCUT2D eigenvalue weighted by Crippen LogP contribution is -2.46. The Morgan fingerprint density at radius 1 is 1.37 bits per heavy atom. The van der Waals surface area contributed by atoms with Crippen LogP contribution in [0.15, 0.2) is 52.1 Å². The van der Waals surface area contributed by atoms with Crippen LogP contribution in [-0.2, 0) is 9.53 Å². The summed E-state index contributed by atoms with van der Waals surface area (Å²) in [5, 5.41) is 0. The first-order chi connectivity index (χ1) is 13.1. The number of nitrogens with zero attached hydrogens (tertiary/aromatic N) is 3. The average molecular weight is 446 g/mol. The van der Waals surface area contributed by atoms with Crippen molar-refractivity contribution in [3.05, 3.63) is 58.3 Å². The number of anilines is 1. The smallest absolute Gasteiger partial charge is 0.328 e. The van der Waals surface area contributed by atoms with Gasteiger partial charge < -0.3 is 9.64 Å². The van der Waals surface area contributed by atoms with E-state index in [1.165, 1.54) is 7.11 Å². The second-order valence-corrected chi connectivity index (χ2v) is 7.52. The molecular formula is C20H20BrN3O2S. The summed E-state index contributed by atoms with van der Waals surface area (Å²) in [7, 11) is 1.41. The van der Waals surface area contributed by atoms with Crippen LogP contribution in [-0.4, -0.2) is 41.3 Å². The van der Waals surface area contributed by atoms with Gasteiger partial charge in [-0.15, -0.1) is 0 Å². The predicted octanol–water partition coefficient (Wildman–Crippen LogP) is 4.17. The third-order valence-electron chi connectivity index (χ3n) is 4.37. The van der Waals surface area contributed by atoms with Crippen LogP contribution in [0.2, 0.25) is 0 Å². The van der Waals surface area contributed by atoms with E-state index in [1.54, 1.807) is 6.20 Å². The molecule has 0 saturated carbocycles. The van der Waals surface area contributed by atoms with E-state index in [-0.39, 0.29) is 5.97 Å². The van der Waals surface area contributed by atoms with Crippen LogP contribution in [0.1, 0.15) is 31.0 Å². The van der Waals surface area contributed by atoms with E-state index in [9.17, 15) is 4.79 Å². The Morgan fingerprint density at radius 2 is 2.19 bits per heavy atom. The maximum atomic E-state index is 12.5. The largest absolute Gasteiger partial charge is 0.467 e. The molecular weight excluding hydrogens is 426 g/mol. The summed E-state index contributed by atoms with van der Waals surface area (Å²) in [4.78, 5) is 24.2. The van der Waals surface area contributed by atoms with Crippen LogP contribution in [0, 0.1) is 0 Å². The van der Waals surface area contributed by atoms with Crippen molar-refractivity contribution in [3.8, 4) is 0 Å². The number of aliphatic imine (C=N–C) groups is 1. The molecule has 1 atom stereocenters. The first-order valence-electron chi connectivity index (χ1n) is 8.72. The van der Waals surface area contributed by atoms with Crippen LogP contribution >= 0.6 is 28.1 Å². The third kappa shape index (κ3) is 4.09. The standard InChI is InChI=1S/C20H20BrN3O2S/c1-3-6-17(20(25)26-2)24-16-9-8-13(21)11-14(16)19(23-12-18(24)27)15-7-4-5-10-22-15/h4-5,7-11,17H,3,6,12H2,1-2H3. The molecule has 1 aliphatic rings. The maximum absolute atomic E-state index is 12.5. The van der Waals surface area contributed by atoms with Gasteiger partial charge in [0.25, 0.3) is 0 Å². The molecule has 1 unspecified atom stereocenters. The predicted molar refractivity (Wildman–Crippen MR) is 115 cm³/mol. The minimum absolute atomic E-state index is 0.297. The van der Waals surface area contributed by atoms with Crippen LogP contribution in [0.4, 0.5) is 5.69 Å². The minimum Gasteiger partial charge on any atom is -0.467 e. The number of aromatic nitrogens is 1. The molecule has 2 heterocycles. The number of esters is 1. The Hall–Kier alpha value is -2.12. The lowest BCUT2D eigenvalue weighted by molar-refractivity contribution is -0.142. The number of pyridine rings is 1. The van der Waals surface area contributed by atoms with E-state index >= 15 is 0 Å². The van der Waals surface area contributed by atoms with Gasteiger partial charge in [0.15, 0.2) is 0 Å². The summed E-state index contributed by atoms with van der Waals surface area (Å²) >= 11 is 9.21. The number of methoxy groups -OCH3 is 1. The fourth-order valence-corrected chi connectivity index (χ4v) is 3.83. The Bertz CT molecular complexity index is 886. The lowest BCUT2D eigenvalue weighted by atomic mass is 10.0. The van der Waals surface area contributed by atoms with Gasteiger partial charge in [-0.1, -0.05) is 47.6 Å². The molecule has 0 radical (unpaired) electrons. The number of carbonyl (C=O) groups is 1. The van der Waals surface area contributed by atoms with Gasteiger partial charge in [-0.3, -0.25) is 9.98 Å². The molecule has 3 rings (SSSR count). The fourth-order valence-electron chi connectivity index (χ4n) is 3.18. The van der Waals surface area contributed by atoms with Crippen LogP contribution in [0.5, 0.6) is 0 Å². The summed E-state index contributed by atoms with van der Waals surface area (Å²) in [6, 6.07) is 11.1. The van der Waals surface area contributed by atoms with E-state index < -0.39 is 6.04 Å². The van der Waals surface area contributed by atoms with E-state index in [0.717, 1.165) is 33.5 Å². The Balaban J connectivity index is 2.18. The number of hydrogen-bond acceptors (Lipinski definition) is 5. The Labute approximate surface area is 172 Å². The SMILES string of the molecule is CCCC(C(=O)OC)N1C(=S)CN=C(c2ccccn2)c2cc(Br)ccc21. The van der Waals surface area contributed by atoms with E-state index in [4.69, 9.17) is 21.9 Å². The number of benzene rings is 1. The van der Waals surface area contributed by atoms with Crippen molar-refractivity contribution < 1.29 is 9.53 Å². The van der Waals surface area contributed by atoms with Gasteiger partial charge in [-0.25, -0.2) is 4.79 Å². The molecule has 1 aromatic carbocycles. The first-order valence-corrected chi connectivity index (χ1v) is 9.92. The zero-order valence-electron chi connectivity index (χ0n) is 15.2. The van der Waals surface area contributed by atoms with Gasteiger partial charge in [-0.05, 0) is 36.8 Å². The highest BCUT2D eigenvalue weighted by Gasteiger charge is 2.33. The van der Waals surface area contributed by atoms with Crippen molar-refractivity contribution in [1.82, 2.24) is 4.98 Å². The molecule has 2 aromatic rings. The van der Waals surface area contributed by atoms with Crippen molar-refractivity contribution in [1.29, 1.82) is 0 Å². The lowest BCUT2D eigenvalue weighted by Gasteiger charge is -2.32. The number of fused-ring (bicyclic) bond motifs is 1. The summed E-state index contributed by atoms with van der Waals surface area (Å²) < 4.78 is 5.98. The third-order valence-corrected chi connectivity index (χ3v) is 5.19. The molecule has 0 amide bonds. The summed E-state index contributed by atoms with van der Waals surface area (Å²) in [6.07, 6.45) is 3.21. The summed E-state index contributed by atoms with van der Waals surface area (Å²) in [6.45, 7) is 2.35. The topological polar surface area (TPSA) is 54.8 Å². The van der Waals surface area contributed by atoms with E-state index in [0.29, 0.717) is 18.0 Å². The fraction of sp³-hybridized carbons (Fsp3) is 0.300. The molecule has 1 aliphatic heterocycles. The molecule has 0 saturated heterocycles. The highest BCUT2D eigenvalue weighted by Crippen LogP contribution is 2.32. The Morgan fingerprint density at radius 3 is 2.85 bits per heavy atom. The zero-order valence-corrected chi connectivity index (χ0v) is 17.6. The number of thiocarbonyl (C=S) groups is 1. The van der Waals surface area contributed by atoms with Gasteiger partial charge in [0.1, 0.15) is 11.0 Å². The molecule has 0 fully saturated rings. The van der Waals surface area contributed by atoms with E-state index in [2.05, 4.69) is 20.9 Å². The second-order valence-electron chi connectivity index (χ2n) is 6.13. The number of hydrogen-bond donors (Lipinski definition) is 0. The molecule has 0 N–H and O–H groups in total. The normalized spacial score (nSPS) is 14.9. The number of halogens is 1. The van der Waals surface area contributed by atoms with E-state index in [1.807, 2.05) is 48.2 Å². The highest BCUT2D eigenvalue weighted by atomic mass is 79.9.